The Kier molecular flexibility index (Phi) is 3.55. The third kappa shape index (κ3) is 2.53. The molecule has 0 aliphatic rings. The zero-order valence-corrected chi connectivity index (χ0v) is 8.24. The molecular weight excluding hydrogens is 222 g/mol. The summed E-state index contributed by atoms with van der Waals surface area (Å²) < 4.78 is 27.9. The van der Waals surface area contributed by atoms with Crippen LogP contribution < -0.4 is 4.74 Å². The molecule has 86 valence electrons. The normalized spacial score (nSPS) is 10.2. The summed E-state index contributed by atoms with van der Waals surface area (Å²) in [4.78, 5) is 21.4. The van der Waals surface area contributed by atoms with Gasteiger partial charge in [0, 0.05) is 5.56 Å². The summed E-state index contributed by atoms with van der Waals surface area (Å²) in [5.74, 6) is -1.65. The van der Waals surface area contributed by atoms with Crippen LogP contribution in [0.1, 0.15) is 26.3 Å². The third-order valence-electron chi connectivity index (χ3n) is 2.00. The Labute approximate surface area is 89.5 Å². The number of carbonyl (C=O) groups is 2. The summed E-state index contributed by atoms with van der Waals surface area (Å²) in [6.45, 7) is -1.65. The smallest absolute Gasteiger partial charge is 0.387 e. The Hall–Kier alpha value is -1.98. The summed E-state index contributed by atoms with van der Waals surface area (Å²) >= 11 is 0. The lowest BCUT2D eigenvalue weighted by molar-refractivity contribution is -0.0499. The van der Waals surface area contributed by atoms with Gasteiger partial charge in [-0.3, -0.25) is 4.79 Å². The molecule has 4 nitrogen and oxygen atoms in total. The molecule has 1 rings (SSSR count). The minimum Gasteiger partial charge on any atom is -0.478 e. The van der Waals surface area contributed by atoms with Crippen LogP contribution in [0.2, 0.25) is 0 Å². The van der Waals surface area contributed by atoms with Crippen LogP contribution in [0.5, 0.6) is 5.75 Å². The van der Waals surface area contributed by atoms with E-state index in [0.717, 1.165) is 12.1 Å². The Morgan fingerprint density at radius 3 is 2.56 bits per heavy atom. The van der Waals surface area contributed by atoms with Gasteiger partial charge in [-0.1, -0.05) is 0 Å². The average molecular weight is 230 g/mol. The van der Waals surface area contributed by atoms with Crippen LogP contribution in [0.4, 0.5) is 8.78 Å². The van der Waals surface area contributed by atoms with E-state index in [-0.39, 0.29) is 22.4 Å². The first-order chi connectivity index (χ1) is 7.45. The second-order valence-corrected chi connectivity index (χ2v) is 2.99. The van der Waals surface area contributed by atoms with E-state index in [1.807, 2.05) is 0 Å². The highest BCUT2D eigenvalue weighted by molar-refractivity contribution is 5.93. The van der Waals surface area contributed by atoms with Crippen LogP contribution >= 0.6 is 0 Å². The molecular formula is C10H8F2O4. The fourth-order valence-corrected chi connectivity index (χ4v) is 1.22. The molecule has 0 atom stereocenters. The Morgan fingerprint density at radius 1 is 1.50 bits per heavy atom. The zero-order valence-electron chi connectivity index (χ0n) is 8.24. The molecule has 0 heterocycles. The molecule has 6 heteroatoms. The lowest BCUT2D eigenvalue weighted by Crippen LogP contribution is -2.07. The van der Waals surface area contributed by atoms with Crippen molar-refractivity contribution >= 4 is 12.3 Å². The van der Waals surface area contributed by atoms with Crippen molar-refractivity contribution in [1.82, 2.24) is 0 Å². The molecule has 0 aliphatic heterocycles. The number of benzene rings is 1. The molecule has 0 radical (unpaired) electrons. The van der Waals surface area contributed by atoms with E-state index < -0.39 is 12.6 Å². The van der Waals surface area contributed by atoms with Gasteiger partial charge in [-0.15, -0.1) is 0 Å². The highest BCUT2D eigenvalue weighted by Gasteiger charge is 2.15. The van der Waals surface area contributed by atoms with E-state index in [0.29, 0.717) is 6.29 Å². The van der Waals surface area contributed by atoms with Crippen LogP contribution in [-0.2, 0) is 0 Å². The van der Waals surface area contributed by atoms with Crippen molar-refractivity contribution in [3.8, 4) is 5.75 Å². The maximum atomic E-state index is 11.9. The first-order valence-electron chi connectivity index (χ1n) is 4.23. The quantitative estimate of drug-likeness (QED) is 0.804. The molecule has 0 unspecified atom stereocenters. The van der Waals surface area contributed by atoms with E-state index in [9.17, 15) is 18.4 Å². The molecule has 16 heavy (non-hydrogen) atoms. The first kappa shape index (κ1) is 12.1. The molecule has 0 aromatic heterocycles. The average Bonchev–Trinajstić information content (AvgIpc) is 2.19. The number of carboxylic acid groups (broad SMARTS) is 1. The van der Waals surface area contributed by atoms with Gasteiger partial charge >= 0.3 is 12.6 Å². The minimum atomic E-state index is -3.07. The highest BCUT2D eigenvalue weighted by atomic mass is 19.3. The number of aromatic carboxylic acids is 1. The van der Waals surface area contributed by atoms with Crippen LogP contribution in [0.3, 0.4) is 0 Å². The molecule has 0 spiro atoms. The standard InChI is InChI=1S/C10H8F2O4/c1-5-6(4-13)2-7(16-10(11)12)3-8(5)9(14)15/h2-4,10H,1H3,(H,14,15). The Balaban J connectivity index is 3.28. The molecule has 0 saturated carbocycles. The number of ether oxygens (including phenoxy) is 1. The van der Waals surface area contributed by atoms with Gasteiger partial charge in [-0.05, 0) is 24.6 Å². The van der Waals surface area contributed by atoms with Gasteiger partial charge in [0.05, 0.1) is 5.56 Å². The van der Waals surface area contributed by atoms with Gasteiger partial charge in [0.15, 0.2) is 0 Å². The molecule has 0 amide bonds. The van der Waals surface area contributed by atoms with E-state index in [4.69, 9.17) is 5.11 Å². The molecule has 1 aromatic rings. The van der Waals surface area contributed by atoms with Gasteiger partial charge in [-0.25, -0.2) is 4.79 Å². The van der Waals surface area contributed by atoms with Crippen LogP contribution in [0.25, 0.3) is 0 Å². The van der Waals surface area contributed by atoms with E-state index in [2.05, 4.69) is 4.74 Å². The molecule has 1 aromatic carbocycles. The van der Waals surface area contributed by atoms with Gasteiger partial charge in [0.2, 0.25) is 0 Å². The van der Waals surface area contributed by atoms with Gasteiger partial charge in [-0.2, -0.15) is 8.78 Å². The molecule has 0 aliphatic carbocycles. The van der Waals surface area contributed by atoms with Gasteiger partial charge < -0.3 is 9.84 Å². The number of hydrogen-bond acceptors (Lipinski definition) is 3. The van der Waals surface area contributed by atoms with Crippen molar-refractivity contribution in [3.63, 3.8) is 0 Å². The number of halogens is 2. The topological polar surface area (TPSA) is 63.6 Å². The second kappa shape index (κ2) is 4.69. The van der Waals surface area contributed by atoms with Crippen LogP contribution in [0, 0.1) is 6.92 Å². The molecule has 0 saturated heterocycles. The molecule has 1 N–H and O–H groups in total. The SMILES string of the molecule is Cc1c(C=O)cc(OC(F)F)cc1C(=O)O. The first-order valence-corrected chi connectivity index (χ1v) is 4.23. The second-order valence-electron chi connectivity index (χ2n) is 2.99. The summed E-state index contributed by atoms with van der Waals surface area (Å²) in [7, 11) is 0. The number of rotatable bonds is 4. The molecule has 0 bridgehead atoms. The Bertz CT molecular complexity index is 429. The van der Waals surface area contributed by atoms with Crippen molar-refractivity contribution in [2.75, 3.05) is 0 Å². The maximum absolute atomic E-state index is 11.9. The van der Waals surface area contributed by atoms with Crippen molar-refractivity contribution in [1.29, 1.82) is 0 Å². The van der Waals surface area contributed by atoms with Gasteiger partial charge in [0.1, 0.15) is 12.0 Å². The van der Waals surface area contributed by atoms with E-state index in [1.54, 1.807) is 0 Å². The Morgan fingerprint density at radius 2 is 2.12 bits per heavy atom. The zero-order chi connectivity index (χ0) is 12.3. The number of hydrogen-bond donors (Lipinski definition) is 1. The maximum Gasteiger partial charge on any atom is 0.387 e. The summed E-state index contributed by atoms with van der Waals surface area (Å²) in [5.41, 5.74) is -0.0140. The van der Waals surface area contributed by atoms with Crippen molar-refractivity contribution in [3.05, 3.63) is 28.8 Å². The number of carbonyl (C=O) groups excluding carboxylic acids is 1. The summed E-state index contributed by atoms with van der Waals surface area (Å²) in [5, 5.41) is 8.79. The lowest BCUT2D eigenvalue weighted by Gasteiger charge is -2.09. The van der Waals surface area contributed by atoms with Crippen molar-refractivity contribution in [2.24, 2.45) is 0 Å². The minimum absolute atomic E-state index is 0.00977. The fraction of sp³-hybridized carbons (Fsp3) is 0.200. The highest BCUT2D eigenvalue weighted by Crippen LogP contribution is 2.22. The number of aldehydes is 1. The third-order valence-corrected chi connectivity index (χ3v) is 2.00. The van der Waals surface area contributed by atoms with Crippen molar-refractivity contribution in [2.45, 2.75) is 13.5 Å². The van der Waals surface area contributed by atoms with Crippen LogP contribution in [-0.4, -0.2) is 24.0 Å². The lowest BCUT2D eigenvalue weighted by atomic mass is 10.0. The number of carboxylic acids is 1. The van der Waals surface area contributed by atoms with E-state index >= 15 is 0 Å². The molecule has 0 fully saturated rings. The number of alkyl halides is 2. The van der Waals surface area contributed by atoms with Crippen LogP contribution in [0.15, 0.2) is 12.1 Å². The van der Waals surface area contributed by atoms with E-state index in [1.165, 1.54) is 6.92 Å². The summed E-state index contributed by atoms with van der Waals surface area (Å²) in [6.07, 6.45) is 0.389. The fourth-order valence-electron chi connectivity index (χ4n) is 1.22. The largest absolute Gasteiger partial charge is 0.478 e. The van der Waals surface area contributed by atoms with Gasteiger partial charge in [0.25, 0.3) is 0 Å². The predicted molar refractivity (Wildman–Crippen MR) is 50.2 cm³/mol. The van der Waals surface area contributed by atoms with Crippen molar-refractivity contribution < 1.29 is 28.2 Å². The summed E-state index contributed by atoms with van der Waals surface area (Å²) in [6, 6.07) is 2.03. The predicted octanol–water partition coefficient (Wildman–Crippen LogP) is 2.11. The monoisotopic (exact) mass is 230 g/mol.